The molecule has 0 atom stereocenters. The molecule has 2 fully saturated rings. The Morgan fingerprint density at radius 2 is 1.81 bits per heavy atom. The number of anilines is 1. The molecule has 4 heterocycles. The van der Waals surface area contributed by atoms with Crippen LogP contribution in [0.5, 0.6) is 0 Å². The molecular weight excluding hydrogens is 336 g/mol. The number of likely N-dealkylation sites (tertiary alicyclic amines) is 1. The second-order valence-corrected chi connectivity index (χ2v) is 8.44. The van der Waals surface area contributed by atoms with Gasteiger partial charge in [0.2, 0.25) is 0 Å². The summed E-state index contributed by atoms with van der Waals surface area (Å²) in [5.74, 6) is 2.43. The van der Waals surface area contributed by atoms with Gasteiger partial charge in [0.25, 0.3) is 0 Å². The van der Waals surface area contributed by atoms with E-state index in [0.717, 1.165) is 31.0 Å². The second kappa shape index (κ2) is 7.23. The number of imidazole rings is 1. The Kier molecular flexibility index (Phi) is 4.60. The molecule has 1 saturated heterocycles. The third-order valence-corrected chi connectivity index (χ3v) is 6.38. The topological polar surface area (TPSA) is 50.1 Å². The van der Waals surface area contributed by atoms with Crippen LogP contribution in [0.3, 0.4) is 0 Å². The average molecular weight is 367 g/mol. The van der Waals surface area contributed by atoms with Crippen LogP contribution in [0.15, 0.2) is 18.6 Å². The van der Waals surface area contributed by atoms with E-state index in [2.05, 4.69) is 48.5 Å². The van der Waals surface area contributed by atoms with Gasteiger partial charge in [0.1, 0.15) is 18.0 Å². The number of fused-ring (bicyclic) bond motifs is 1. The van der Waals surface area contributed by atoms with Gasteiger partial charge in [-0.3, -0.25) is 4.90 Å². The van der Waals surface area contributed by atoms with Crippen molar-refractivity contribution in [2.45, 2.75) is 77.0 Å². The fourth-order valence-electron chi connectivity index (χ4n) is 4.80. The van der Waals surface area contributed by atoms with Crippen molar-refractivity contribution in [3.05, 3.63) is 35.8 Å². The number of aryl methyl sites for hydroxylation is 2. The maximum atomic E-state index is 4.66. The van der Waals surface area contributed by atoms with E-state index in [-0.39, 0.29) is 0 Å². The van der Waals surface area contributed by atoms with Crippen molar-refractivity contribution in [2.75, 3.05) is 18.0 Å². The first kappa shape index (κ1) is 17.2. The molecule has 2 aliphatic heterocycles. The highest BCUT2D eigenvalue weighted by Gasteiger charge is 2.36. The lowest BCUT2D eigenvalue weighted by atomic mass is 10.0. The smallest absolute Gasteiger partial charge is 0.132 e. The van der Waals surface area contributed by atoms with Crippen molar-refractivity contribution in [1.29, 1.82) is 0 Å². The van der Waals surface area contributed by atoms with Gasteiger partial charge < -0.3 is 9.47 Å². The van der Waals surface area contributed by atoms with E-state index in [4.69, 9.17) is 0 Å². The molecule has 27 heavy (non-hydrogen) atoms. The summed E-state index contributed by atoms with van der Waals surface area (Å²) in [5.41, 5.74) is 2.47. The Labute approximate surface area is 161 Å². The minimum Gasteiger partial charge on any atom is -0.350 e. The summed E-state index contributed by atoms with van der Waals surface area (Å²) in [4.78, 5) is 18.8. The molecule has 0 spiro atoms. The fourth-order valence-corrected chi connectivity index (χ4v) is 4.80. The van der Waals surface area contributed by atoms with Crippen molar-refractivity contribution in [2.24, 2.45) is 0 Å². The van der Waals surface area contributed by atoms with Crippen LogP contribution in [0, 0.1) is 6.92 Å². The van der Waals surface area contributed by atoms with Crippen molar-refractivity contribution < 1.29 is 0 Å². The lowest BCUT2D eigenvalue weighted by molar-refractivity contribution is 0.195. The van der Waals surface area contributed by atoms with Crippen LogP contribution in [0.4, 0.5) is 5.82 Å². The van der Waals surface area contributed by atoms with Gasteiger partial charge in [-0.05, 0) is 45.4 Å². The van der Waals surface area contributed by atoms with E-state index >= 15 is 0 Å². The van der Waals surface area contributed by atoms with Gasteiger partial charge in [-0.2, -0.15) is 0 Å². The van der Waals surface area contributed by atoms with Gasteiger partial charge in [-0.1, -0.05) is 0 Å². The number of nitrogens with zero attached hydrogens (tertiary/aromatic N) is 6. The molecule has 2 aromatic rings. The number of hydrogen-bond donors (Lipinski definition) is 0. The first-order chi connectivity index (χ1) is 13.3. The summed E-state index contributed by atoms with van der Waals surface area (Å²) in [5, 5.41) is 0. The van der Waals surface area contributed by atoms with E-state index in [1.807, 2.05) is 0 Å². The average Bonchev–Trinajstić information content (AvgIpc) is 3.44. The molecule has 0 radical (unpaired) electrons. The number of hydrogen-bond acceptors (Lipinski definition) is 5. The predicted molar refractivity (Wildman–Crippen MR) is 106 cm³/mol. The van der Waals surface area contributed by atoms with E-state index in [1.165, 1.54) is 63.1 Å². The molecule has 3 aliphatic rings. The van der Waals surface area contributed by atoms with Crippen molar-refractivity contribution >= 4 is 5.82 Å². The Balaban J connectivity index is 1.24. The van der Waals surface area contributed by atoms with E-state index in [0.29, 0.717) is 12.1 Å². The summed E-state index contributed by atoms with van der Waals surface area (Å²) in [6.45, 7) is 6.60. The molecule has 0 unspecified atom stereocenters. The van der Waals surface area contributed by atoms with Crippen LogP contribution < -0.4 is 4.90 Å². The van der Waals surface area contributed by atoms with E-state index in [9.17, 15) is 0 Å². The maximum absolute atomic E-state index is 4.66. The first-order valence-corrected chi connectivity index (χ1v) is 10.6. The zero-order chi connectivity index (χ0) is 18.2. The highest BCUT2D eigenvalue weighted by molar-refractivity contribution is 5.43. The largest absolute Gasteiger partial charge is 0.350 e. The second-order valence-electron chi connectivity index (χ2n) is 8.44. The Morgan fingerprint density at radius 3 is 2.59 bits per heavy atom. The van der Waals surface area contributed by atoms with Crippen LogP contribution in [0.2, 0.25) is 0 Å². The number of piperidine rings is 1. The molecule has 0 bridgehead atoms. The lowest BCUT2D eigenvalue weighted by Crippen LogP contribution is -2.46. The molecule has 2 aromatic heterocycles. The molecule has 0 amide bonds. The lowest BCUT2D eigenvalue weighted by Gasteiger charge is -2.39. The van der Waals surface area contributed by atoms with Crippen LogP contribution in [0.25, 0.3) is 0 Å². The summed E-state index contributed by atoms with van der Waals surface area (Å²) in [6, 6.07) is 3.46. The molecule has 1 saturated carbocycles. The van der Waals surface area contributed by atoms with Crippen LogP contribution in [-0.2, 0) is 19.5 Å². The third kappa shape index (κ3) is 3.59. The Morgan fingerprint density at radius 1 is 1.00 bits per heavy atom. The third-order valence-electron chi connectivity index (χ3n) is 6.38. The zero-order valence-electron chi connectivity index (χ0n) is 16.3. The summed E-state index contributed by atoms with van der Waals surface area (Å²) in [6.07, 6.45) is 12.6. The van der Waals surface area contributed by atoms with E-state index in [1.54, 1.807) is 6.33 Å². The quantitative estimate of drug-likeness (QED) is 0.814. The first-order valence-electron chi connectivity index (χ1n) is 10.6. The Hall–Kier alpha value is -1.95. The van der Waals surface area contributed by atoms with Crippen molar-refractivity contribution in [1.82, 2.24) is 24.4 Å². The molecule has 1 aliphatic carbocycles. The van der Waals surface area contributed by atoms with Gasteiger partial charge in [-0.25, -0.2) is 15.0 Å². The van der Waals surface area contributed by atoms with E-state index < -0.39 is 0 Å². The molecule has 6 nitrogen and oxygen atoms in total. The normalized spacial score (nSPS) is 21.2. The van der Waals surface area contributed by atoms with Gasteiger partial charge in [0.15, 0.2) is 0 Å². The van der Waals surface area contributed by atoms with Crippen molar-refractivity contribution in [3.63, 3.8) is 0 Å². The predicted octanol–water partition coefficient (Wildman–Crippen LogP) is 2.95. The molecule has 144 valence electrons. The maximum Gasteiger partial charge on any atom is 0.132 e. The van der Waals surface area contributed by atoms with Gasteiger partial charge >= 0.3 is 0 Å². The van der Waals surface area contributed by atoms with Crippen LogP contribution in [0.1, 0.15) is 55.7 Å². The molecule has 0 aromatic carbocycles. The summed E-state index contributed by atoms with van der Waals surface area (Å²) in [7, 11) is 0. The van der Waals surface area contributed by atoms with Crippen molar-refractivity contribution in [3.8, 4) is 0 Å². The van der Waals surface area contributed by atoms with Gasteiger partial charge in [-0.15, -0.1) is 0 Å². The summed E-state index contributed by atoms with van der Waals surface area (Å²) >= 11 is 0. The van der Waals surface area contributed by atoms with Gasteiger partial charge in [0, 0.05) is 62.6 Å². The minimum absolute atomic E-state index is 0.613. The summed E-state index contributed by atoms with van der Waals surface area (Å²) < 4.78 is 2.47. The molecule has 0 N–H and O–H groups in total. The Bertz CT molecular complexity index is 788. The SMILES string of the molecule is Cc1cc(N(C2CC2)C2CCN(Cc3cnc4n3CCCC4)CC2)ncn1. The zero-order valence-corrected chi connectivity index (χ0v) is 16.3. The fraction of sp³-hybridized carbons (Fsp3) is 0.667. The van der Waals surface area contributed by atoms with Crippen LogP contribution in [-0.4, -0.2) is 49.6 Å². The minimum atomic E-state index is 0.613. The van der Waals surface area contributed by atoms with Gasteiger partial charge in [0.05, 0.1) is 5.69 Å². The molecule has 6 heteroatoms. The van der Waals surface area contributed by atoms with Crippen LogP contribution >= 0.6 is 0 Å². The standard InChI is InChI=1S/C21H30N6/c1-16-12-21(24-15-23-16)27(17-5-6-17)18-7-10-25(11-8-18)14-19-13-22-20-4-2-3-9-26(19)20/h12-13,15,17-18H,2-11,14H2,1H3. The monoisotopic (exact) mass is 366 g/mol. The highest BCUT2D eigenvalue weighted by Crippen LogP contribution is 2.35. The highest BCUT2D eigenvalue weighted by atomic mass is 15.3. The molecule has 5 rings (SSSR count). The molecular formula is C21H30N6. The number of aromatic nitrogens is 4. The number of rotatable bonds is 5.